The molecule has 0 amide bonds. The fourth-order valence-corrected chi connectivity index (χ4v) is 3.13. The van der Waals surface area contributed by atoms with Crippen LogP contribution in [0.2, 0.25) is 0 Å². The molecule has 5 nitrogen and oxygen atoms in total. The predicted molar refractivity (Wildman–Crippen MR) is 100.0 cm³/mol. The van der Waals surface area contributed by atoms with Gasteiger partial charge in [0.25, 0.3) is 0 Å². The van der Waals surface area contributed by atoms with Crippen molar-refractivity contribution in [1.82, 2.24) is 0 Å². The molecule has 0 saturated carbocycles. The van der Waals surface area contributed by atoms with Gasteiger partial charge in [0.05, 0.1) is 28.3 Å². The summed E-state index contributed by atoms with van der Waals surface area (Å²) in [5, 5.41) is 0.834. The normalized spacial score (nSPS) is 12.2. The van der Waals surface area contributed by atoms with Gasteiger partial charge < -0.3 is 18.7 Å². The van der Waals surface area contributed by atoms with Crippen LogP contribution >= 0.6 is 8.81 Å². The number of benzene rings is 2. The lowest BCUT2D eigenvalue weighted by Crippen LogP contribution is -2.24. The highest BCUT2D eigenvalue weighted by atomic mass is 31.1. The number of hydrogen-bond acceptors (Lipinski definition) is 5. The van der Waals surface area contributed by atoms with Gasteiger partial charge in [0.2, 0.25) is 5.78 Å². The van der Waals surface area contributed by atoms with Crippen molar-refractivity contribution < 1.29 is 23.5 Å². The highest BCUT2D eigenvalue weighted by Crippen LogP contribution is 2.33. The zero-order valence-electron chi connectivity index (χ0n) is 14.9. The van der Waals surface area contributed by atoms with Gasteiger partial charge in [-0.2, -0.15) is 0 Å². The van der Waals surface area contributed by atoms with Crippen molar-refractivity contribution in [3.8, 4) is 17.2 Å². The molecule has 0 aliphatic heterocycles. The van der Waals surface area contributed by atoms with Gasteiger partial charge in [-0.3, -0.25) is 4.79 Å². The van der Waals surface area contributed by atoms with Crippen LogP contribution in [0.25, 0.3) is 0 Å². The molecule has 0 fully saturated rings. The molecule has 2 rings (SSSR count). The molecule has 2 aromatic carbocycles. The zero-order valence-corrected chi connectivity index (χ0v) is 15.9. The largest absolute Gasteiger partial charge is 0.496 e. The molecule has 2 aromatic rings. The van der Waals surface area contributed by atoms with E-state index in [1.807, 2.05) is 25.1 Å². The number of ether oxygens (including phenoxy) is 3. The third kappa shape index (κ3) is 4.94. The van der Waals surface area contributed by atoms with E-state index in [1.54, 1.807) is 45.4 Å². The second-order valence-corrected chi connectivity index (χ2v) is 6.22. The highest BCUT2D eigenvalue weighted by molar-refractivity contribution is 7.42. The molecule has 0 saturated heterocycles. The molecule has 0 aromatic heterocycles. The Hall–Kier alpha value is -2.10. The van der Waals surface area contributed by atoms with E-state index in [4.69, 9.17) is 18.7 Å². The summed E-state index contributed by atoms with van der Waals surface area (Å²) in [6, 6.07) is 12.6. The van der Waals surface area contributed by atoms with Crippen molar-refractivity contribution in [1.29, 1.82) is 0 Å². The summed E-state index contributed by atoms with van der Waals surface area (Å²) >= 11 is 0. The van der Waals surface area contributed by atoms with Crippen LogP contribution in [0.5, 0.6) is 17.2 Å². The first-order chi connectivity index (χ1) is 12.1. The van der Waals surface area contributed by atoms with Crippen LogP contribution in [0.15, 0.2) is 42.5 Å². The molecule has 25 heavy (non-hydrogen) atoms. The number of methoxy groups -OCH3 is 2. The highest BCUT2D eigenvalue weighted by Gasteiger charge is 2.19. The molecular formula is C19H23O5P. The number of rotatable bonds is 9. The van der Waals surface area contributed by atoms with Crippen LogP contribution in [0, 0.1) is 0 Å². The smallest absolute Gasteiger partial charge is 0.202 e. The SMILES string of the molecule is CCOPc1c(OC)cc(OC(C)C(=O)c2ccccc2)cc1OC. The molecular weight excluding hydrogens is 339 g/mol. The summed E-state index contributed by atoms with van der Waals surface area (Å²) in [5.74, 6) is 1.65. The first-order valence-corrected chi connectivity index (χ1v) is 8.91. The van der Waals surface area contributed by atoms with Crippen LogP contribution in [-0.4, -0.2) is 32.7 Å². The quantitative estimate of drug-likeness (QED) is 0.504. The van der Waals surface area contributed by atoms with E-state index < -0.39 is 6.10 Å². The van der Waals surface area contributed by atoms with E-state index in [9.17, 15) is 4.79 Å². The second kappa shape index (κ2) is 9.40. The Morgan fingerprint density at radius 1 is 1.08 bits per heavy atom. The number of hydrogen-bond donors (Lipinski definition) is 0. The summed E-state index contributed by atoms with van der Waals surface area (Å²) in [5.41, 5.74) is 0.614. The minimum atomic E-state index is -0.628. The minimum Gasteiger partial charge on any atom is -0.496 e. The summed E-state index contributed by atoms with van der Waals surface area (Å²) in [6.45, 7) is 4.26. The van der Waals surface area contributed by atoms with Crippen molar-refractivity contribution in [3.63, 3.8) is 0 Å². The molecule has 6 heteroatoms. The van der Waals surface area contributed by atoms with Crippen molar-refractivity contribution in [2.75, 3.05) is 20.8 Å². The Balaban J connectivity index is 2.22. The third-order valence-corrected chi connectivity index (χ3v) is 4.67. The van der Waals surface area contributed by atoms with E-state index in [-0.39, 0.29) is 14.6 Å². The molecule has 0 radical (unpaired) electrons. The van der Waals surface area contributed by atoms with Gasteiger partial charge in [0, 0.05) is 24.3 Å². The van der Waals surface area contributed by atoms with E-state index in [1.165, 1.54) is 0 Å². The Bertz CT molecular complexity index is 677. The lowest BCUT2D eigenvalue weighted by Gasteiger charge is -2.18. The maximum absolute atomic E-state index is 12.5. The Morgan fingerprint density at radius 3 is 2.20 bits per heavy atom. The Labute approximate surface area is 150 Å². The molecule has 0 spiro atoms. The molecule has 0 aliphatic carbocycles. The summed E-state index contributed by atoms with van der Waals surface area (Å²) in [6.07, 6.45) is -0.628. The van der Waals surface area contributed by atoms with Crippen molar-refractivity contribution in [3.05, 3.63) is 48.0 Å². The summed E-state index contributed by atoms with van der Waals surface area (Å²) in [7, 11) is 3.27. The van der Waals surface area contributed by atoms with Gasteiger partial charge in [-0.05, 0) is 13.8 Å². The molecule has 134 valence electrons. The summed E-state index contributed by atoms with van der Waals surface area (Å²) in [4.78, 5) is 12.5. The van der Waals surface area contributed by atoms with Crippen LogP contribution < -0.4 is 19.5 Å². The van der Waals surface area contributed by atoms with Crippen LogP contribution in [0.4, 0.5) is 0 Å². The fraction of sp³-hybridized carbons (Fsp3) is 0.316. The van der Waals surface area contributed by atoms with Gasteiger partial charge in [-0.15, -0.1) is 0 Å². The van der Waals surface area contributed by atoms with E-state index in [0.717, 1.165) is 5.30 Å². The zero-order chi connectivity index (χ0) is 18.2. The molecule has 2 atom stereocenters. The third-order valence-electron chi connectivity index (χ3n) is 3.54. The first kappa shape index (κ1) is 19.2. The van der Waals surface area contributed by atoms with Crippen molar-refractivity contribution in [2.45, 2.75) is 20.0 Å². The fourth-order valence-electron chi connectivity index (χ4n) is 2.30. The lowest BCUT2D eigenvalue weighted by atomic mass is 10.1. The average molecular weight is 362 g/mol. The maximum Gasteiger partial charge on any atom is 0.202 e. The number of Topliss-reactive ketones (excluding diaryl/α,β-unsaturated/α-hetero) is 1. The average Bonchev–Trinajstić information content (AvgIpc) is 2.66. The number of carbonyl (C=O) groups is 1. The standard InChI is InChI=1S/C19H23O5P/c1-5-23-25-19-16(21-3)11-15(12-17(19)22-4)24-13(2)18(20)14-9-7-6-8-10-14/h6-13,25H,5H2,1-4H3. The lowest BCUT2D eigenvalue weighted by molar-refractivity contribution is 0.0817. The molecule has 0 aliphatic rings. The molecule has 0 bridgehead atoms. The monoisotopic (exact) mass is 362 g/mol. The van der Waals surface area contributed by atoms with Crippen LogP contribution in [-0.2, 0) is 4.52 Å². The number of ketones is 1. The van der Waals surface area contributed by atoms with E-state index in [2.05, 4.69) is 0 Å². The predicted octanol–water partition coefficient (Wildman–Crippen LogP) is 3.61. The van der Waals surface area contributed by atoms with Gasteiger partial charge in [-0.25, -0.2) is 0 Å². The maximum atomic E-state index is 12.5. The van der Waals surface area contributed by atoms with Crippen LogP contribution in [0.3, 0.4) is 0 Å². The minimum absolute atomic E-state index is 0.0844. The molecule has 0 heterocycles. The van der Waals surface area contributed by atoms with Crippen molar-refractivity contribution in [2.24, 2.45) is 0 Å². The second-order valence-electron chi connectivity index (χ2n) is 5.23. The first-order valence-electron chi connectivity index (χ1n) is 8.00. The van der Waals surface area contributed by atoms with E-state index >= 15 is 0 Å². The van der Waals surface area contributed by atoms with Gasteiger partial charge in [0.1, 0.15) is 17.2 Å². The van der Waals surface area contributed by atoms with Gasteiger partial charge in [-0.1, -0.05) is 30.3 Å². The number of carbonyl (C=O) groups excluding carboxylic acids is 1. The van der Waals surface area contributed by atoms with E-state index in [0.29, 0.717) is 29.4 Å². The summed E-state index contributed by atoms with van der Waals surface area (Å²) < 4.78 is 22.2. The molecule has 0 N–H and O–H groups in total. The van der Waals surface area contributed by atoms with Gasteiger partial charge >= 0.3 is 0 Å². The Morgan fingerprint density at radius 2 is 1.68 bits per heavy atom. The van der Waals surface area contributed by atoms with Crippen molar-refractivity contribution >= 4 is 19.9 Å². The van der Waals surface area contributed by atoms with Gasteiger partial charge in [0.15, 0.2) is 6.10 Å². The topological polar surface area (TPSA) is 54.0 Å². The van der Waals surface area contributed by atoms with Crippen LogP contribution in [0.1, 0.15) is 24.2 Å². The Kier molecular flexibility index (Phi) is 7.23. The molecule has 2 unspecified atom stereocenters.